The Morgan fingerprint density at radius 1 is 0.930 bits per heavy atom. The Hall–Kier alpha value is -4.31. The number of allylic oxidation sites excluding steroid dienone is 2. The van der Waals surface area contributed by atoms with Gasteiger partial charge in [0.05, 0.1) is 54.9 Å². The maximum atomic E-state index is 13.3. The molecule has 2 fully saturated rings. The second-order valence-corrected chi connectivity index (χ2v) is 11.4. The number of rotatable bonds is 7. The van der Waals surface area contributed by atoms with Crippen molar-refractivity contribution < 1.29 is 28.9 Å². The van der Waals surface area contributed by atoms with Crippen LogP contribution in [0, 0.1) is 6.92 Å². The third-order valence-electron chi connectivity index (χ3n) is 8.74. The first-order chi connectivity index (χ1) is 20.8. The quantitative estimate of drug-likeness (QED) is 0.359. The lowest BCUT2D eigenvalue weighted by Gasteiger charge is -2.24. The van der Waals surface area contributed by atoms with E-state index in [0.29, 0.717) is 78.9 Å². The number of aliphatic hydroxyl groups excluding tert-OH is 1. The number of carbonyl (C=O) groups excluding carboxylic acids is 2. The van der Waals surface area contributed by atoms with Gasteiger partial charge >= 0.3 is 0 Å². The Morgan fingerprint density at radius 2 is 1.63 bits per heavy atom. The number of nitrogens with zero attached hydrogens (tertiary/aromatic N) is 3. The standard InChI is InChI=1S/C33H38N4O6/c1-5-20-11-22-16-34-25-14-30(29(41-4)13-24(25)32(39)36(22)17-20)43-9-7-8-42-28-15-26-23(10-19(28)3)33(40)37-18-21(6-2)12-27(37)31(38)35-26/h5-6,10,13-16,22,27,31,35,38H,7-9,11-12,17-18H2,1-4H3/t22-,27-,31?/m0/s1. The van der Waals surface area contributed by atoms with Gasteiger partial charge < -0.3 is 34.4 Å². The predicted octanol–water partition coefficient (Wildman–Crippen LogP) is 4.63. The van der Waals surface area contributed by atoms with E-state index in [0.717, 1.165) is 17.6 Å². The van der Waals surface area contributed by atoms with Crippen molar-refractivity contribution >= 4 is 29.4 Å². The third kappa shape index (κ3) is 5.35. The Balaban J connectivity index is 1.09. The van der Waals surface area contributed by atoms with Crippen LogP contribution in [-0.4, -0.2) is 84.7 Å². The average molecular weight is 587 g/mol. The lowest BCUT2D eigenvalue weighted by Crippen LogP contribution is -2.43. The number of aliphatic hydroxyl groups is 1. The number of fused-ring (bicyclic) bond motifs is 4. The van der Waals surface area contributed by atoms with Crippen molar-refractivity contribution in [3.05, 3.63) is 64.3 Å². The van der Waals surface area contributed by atoms with Gasteiger partial charge in [-0.05, 0) is 51.3 Å². The molecule has 0 aliphatic carbocycles. The van der Waals surface area contributed by atoms with Crippen LogP contribution in [0.3, 0.4) is 0 Å². The molecule has 1 unspecified atom stereocenters. The second-order valence-electron chi connectivity index (χ2n) is 11.4. The van der Waals surface area contributed by atoms with Gasteiger partial charge in [0.15, 0.2) is 11.5 Å². The first kappa shape index (κ1) is 28.8. The number of anilines is 1. The number of hydrogen-bond donors (Lipinski definition) is 2. The minimum atomic E-state index is -0.871. The molecule has 0 bridgehead atoms. The molecule has 2 amide bonds. The largest absolute Gasteiger partial charge is 0.493 e. The van der Waals surface area contributed by atoms with Crippen molar-refractivity contribution in [2.24, 2.45) is 4.99 Å². The minimum Gasteiger partial charge on any atom is -0.493 e. The van der Waals surface area contributed by atoms with Gasteiger partial charge in [-0.3, -0.25) is 14.6 Å². The number of benzene rings is 2. The highest BCUT2D eigenvalue weighted by Gasteiger charge is 2.40. The highest BCUT2D eigenvalue weighted by Crippen LogP contribution is 2.39. The molecule has 6 rings (SSSR count). The number of carbonyl (C=O) groups is 2. The summed E-state index contributed by atoms with van der Waals surface area (Å²) in [5.41, 5.74) is 5.39. The summed E-state index contributed by atoms with van der Waals surface area (Å²) in [6.45, 7) is 7.74. The Labute approximate surface area is 251 Å². The molecule has 2 aromatic rings. The van der Waals surface area contributed by atoms with Crippen LogP contribution in [0.25, 0.3) is 0 Å². The number of aliphatic imine (C=N–C) groups is 1. The van der Waals surface area contributed by atoms with Crippen LogP contribution in [-0.2, 0) is 0 Å². The summed E-state index contributed by atoms with van der Waals surface area (Å²) >= 11 is 0. The molecular weight excluding hydrogens is 548 g/mol. The van der Waals surface area contributed by atoms with Gasteiger partial charge in [0, 0.05) is 37.9 Å². The van der Waals surface area contributed by atoms with E-state index in [-0.39, 0.29) is 23.9 Å². The van der Waals surface area contributed by atoms with Crippen molar-refractivity contribution in [2.45, 2.75) is 58.3 Å². The van der Waals surface area contributed by atoms with E-state index in [1.807, 2.05) is 44.0 Å². The molecule has 0 radical (unpaired) electrons. The van der Waals surface area contributed by atoms with Gasteiger partial charge in [-0.2, -0.15) is 0 Å². The fourth-order valence-corrected chi connectivity index (χ4v) is 6.23. The number of hydrogen-bond acceptors (Lipinski definition) is 8. The van der Waals surface area contributed by atoms with E-state index in [1.54, 1.807) is 30.2 Å². The summed E-state index contributed by atoms with van der Waals surface area (Å²) in [7, 11) is 1.55. The monoisotopic (exact) mass is 586 g/mol. The highest BCUT2D eigenvalue weighted by atomic mass is 16.5. The molecule has 226 valence electrons. The van der Waals surface area contributed by atoms with Crippen LogP contribution in [0.2, 0.25) is 0 Å². The van der Waals surface area contributed by atoms with Crippen LogP contribution in [0.15, 0.2) is 52.6 Å². The zero-order valence-corrected chi connectivity index (χ0v) is 25.1. The van der Waals surface area contributed by atoms with Gasteiger partial charge in [-0.15, -0.1) is 0 Å². The fourth-order valence-electron chi connectivity index (χ4n) is 6.23. The predicted molar refractivity (Wildman–Crippen MR) is 164 cm³/mol. The number of aryl methyl sites for hydroxylation is 1. The summed E-state index contributed by atoms with van der Waals surface area (Å²) in [5.74, 6) is 1.48. The van der Waals surface area contributed by atoms with Gasteiger partial charge in [0.25, 0.3) is 11.8 Å². The maximum Gasteiger partial charge on any atom is 0.257 e. The number of ether oxygens (including phenoxy) is 3. The van der Waals surface area contributed by atoms with Crippen LogP contribution in [0.1, 0.15) is 59.4 Å². The topological polar surface area (TPSA) is 113 Å². The van der Waals surface area contributed by atoms with Crippen molar-refractivity contribution in [1.82, 2.24) is 9.80 Å². The molecule has 2 saturated heterocycles. The minimum absolute atomic E-state index is 0.0464. The number of methoxy groups -OCH3 is 1. The van der Waals surface area contributed by atoms with E-state index >= 15 is 0 Å². The van der Waals surface area contributed by atoms with Crippen LogP contribution < -0.4 is 19.5 Å². The van der Waals surface area contributed by atoms with Crippen molar-refractivity contribution in [3.8, 4) is 17.2 Å². The zero-order valence-electron chi connectivity index (χ0n) is 25.1. The van der Waals surface area contributed by atoms with Crippen LogP contribution >= 0.6 is 0 Å². The van der Waals surface area contributed by atoms with Gasteiger partial charge in [-0.1, -0.05) is 23.3 Å². The summed E-state index contributed by atoms with van der Waals surface area (Å²) in [6.07, 6.45) is 7.09. The maximum absolute atomic E-state index is 13.3. The Morgan fingerprint density at radius 3 is 2.37 bits per heavy atom. The average Bonchev–Trinajstić information content (AvgIpc) is 3.60. The van der Waals surface area contributed by atoms with Crippen molar-refractivity contribution in [1.29, 1.82) is 0 Å². The van der Waals surface area contributed by atoms with E-state index < -0.39 is 6.23 Å². The van der Waals surface area contributed by atoms with Crippen molar-refractivity contribution in [2.75, 3.05) is 38.7 Å². The van der Waals surface area contributed by atoms with Crippen LogP contribution in [0.5, 0.6) is 17.2 Å². The molecule has 0 saturated carbocycles. The first-order valence-electron chi connectivity index (χ1n) is 14.8. The lowest BCUT2D eigenvalue weighted by molar-refractivity contribution is 0.0582. The Kier molecular flexibility index (Phi) is 7.87. The van der Waals surface area contributed by atoms with E-state index in [4.69, 9.17) is 14.2 Å². The smallest absolute Gasteiger partial charge is 0.257 e. The zero-order chi connectivity index (χ0) is 30.2. The normalized spacial score (nSPS) is 24.3. The molecule has 10 heteroatoms. The second kappa shape index (κ2) is 11.8. The summed E-state index contributed by atoms with van der Waals surface area (Å²) in [6, 6.07) is 6.74. The molecule has 4 aliphatic rings. The number of amides is 2. The molecule has 0 spiro atoms. The van der Waals surface area contributed by atoms with E-state index in [2.05, 4.69) is 16.4 Å². The molecular formula is C33H38N4O6. The third-order valence-corrected chi connectivity index (χ3v) is 8.74. The summed E-state index contributed by atoms with van der Waals surface area (Å²) in [5, 5.41) is 14.0. The van der Waals surface area contributed by atoms with E-state index in [1.165, 1.54) is 5.57 Å². The SMILES string of the molecule is CC=C1C[C@H]2C=Nc3cc(OCCCOc4cc5c(cc4C)C(=O)N4CC(=CC)C[C@H]4C(O)N5)c(OC)cc3C(=O)N2C1. The fraction of sp³-hybridized carbons (Fsp3) is 0.424. The Bertz CT molecular complexity index is 1550. The van der Waals surface area contributed by atoms with Gasteiger partial charge in [-0.25, -0.2) is 0 Å². The summed E-state index contributed by atoms with van der Waals surface area (Å²) < 4.78 is 17.7. The lowest BCUT2D eigenvalue weighted by atomic mass is 10.1. The molecule has 0 aromatic heterocycles. The first-order valence-corrected chi connectivity index (χ1v) is 14.8. The highest BCUT2D eigenvalue weighted by molar-refractivity contribution is 6.04. The van der Waals surface area contributed by atoms with Crippen molar-refractivity contribution in [3.63, 3.8) is 0 Å². The molecule has 10 nitrogen and oxygen atoms in total. The molecule has 4 aliphatic heterocycles. The molecule has 43 heavy (non-hydrogen) atoms. The molecule has 3 atom stereocenters. The van der Waals surface area contributed by atoms with Gasteiger partial charge in [0.2, 0.25) is 0 Å². The van der Waals surface area contributed by atoms with E-state index in [9.17, 15) is 14.7 Å². The molecule has 4 heterocycles. The molecule has 2 N–H and O–H groups in total. The van der Waals surface area contributed by atoms with Crippen LogP contribution in [0.4, 0.5) is 11.4 Å². The number of nitrogens with one attached hydrogen (secondary N) is 1. The molecule has 2 aromatic carbocycles. The van der Waals surface area contributed by atoms with Gasteiger partial charge in [0.1, 0.15) is 12.0 Å². The summed E-state index contributed by atoms with van der Waals surface area (Å²) in [4.78, 5) is 34.9.